The molecule has 0 spiro atoms. The van der Waals surface area contributed by atoms with Crippen LogP contribution >= 0.6 is 0 Å². The first kappa shape index (κ1) is 18.1. The third kappa shape index (κ3) is 3.49. The Hall–Kier alpha value is -4.26. The Morgan fingerprint density at radius 1 is 1.10 bits per heavy atom. The predicted octanol–water partition coefficient (Wildman–Crippen LogP) is 0.729. The zero-order chi connectivity index (χ0) is 20.4. The average molecular weight is 389 g/mol. The molecule has 3 aromatic rings. The quantitative estimate of drug-likeness (QED) is 0.699. The molecular formula is C19H15N7O3. The number of carbonyl (C=O) groups excluding carboxylic acids is 2. The van der Waals surface area contributed by atoms with Gasteiger partial charge in [0.25, 0.3) is 5.91 Å². The van der Waals surface area contributed by atoms with E-state index in [2.05, 4.69) is 15.5 Å². The fraction of sp³-hybridized carbons (Fsp3) is 0.158. The zero-order valence-electron chi connectivity index (χ0n) is 15.1. The van der Waals surface area contributed by atoms with E-state index in [4.69, 9.17) is 5.26 Å². The second-order valence-corrected chi connectivity index (χ2v) is 6.39. The number of piperazine rings is 1. The number of hydrogen-bond acceptors (Lipinski definition) is 7. The number of benzene rings is 2. The summed E-state index contributed by atoms with van der Waals surface area (Å²) in [7, 11) is 0. The van der Waals surface area contributed by atoms with Crippen molar-refractivity contribution >= 4 is 17.5 Å². The van der Waals surface area contributed by atoms with Crippen LogP contribution in [-0.4, -0.2) is 61.7 Å². The van der Waals surface area contributed by atoms with Gasteiger partial charge in [-0.15, -0.1) is 5.10 Å². The summed E-state index contributed by atoms with van der Waals surface area (Å²) < 4.78 is 1.37. The number of tetrazole rings is 1. The van der Waals surface area contributed by atoms with Crippen molar-refractivity contribution < 1.29 is 14.7 Å². The lowest BCUT2D eigenvalue weighted by Gasteiger charge is -2.34. The third-order valence-corrected chi connectivity index (χ3v) is 4.64. The second-order valence-electron chi connectivity index (χ2n) is 6.39. The standard InChI is InChI=1S/C19H15N7O3/c20-10-13-1-3-14(4-2-13)25-8-7-24(11-18(25)28)19(29)16-9-15(5-6-17(16)27)26-12-21-22-23-26/h1-6,9,12,27H,7-8,11H2. The van der Waals surface area contributed by atoms with Crippen molar-refractivity contribution in [3.8, 4) is 17.5 Å². The van der Waals surface area contributed by atoms with Crippen molar-refractivity contribution in [2.45, 2.75) is 0 Å². The molecule has 10 heteroatoms. The Bertz CT molecular complexity index is 1100. The Balaban J connectivity index is 1.52. The van der Waals surface area contributed by atoms with E-state index >= 15 is 0 Å². The largest absolute Gasteiger partial charge is 0.507 e. The number of aromatic nitrogens is 4. The van der Waals surface area contributed by atoms with Crippen LogP contribution in [0.1, 0.15) is 15.9 Å². The lowest BCUT2D eigenvalue weighted by Crippen LogP contribution is -2.52. The van der Waals surface area contributed by atoms with Crippen LogP contribution in [0.4, 0.5) is 5.69 Å². The molecule has 1 N–H and O–H groups in total. The number of anilines is 1. The van der Waals surface area contributed by atoms with Gasteiger partial charge in [-0.3, -0.25) is 9.59 Å². The van der Waals surface area contributed by atoms with Crippen LogP contribution in [0, 0.1) is 11.3 Å². The van der Waals surface area contributed by atoms with Crippen LogP contribution in [0.25, 0.3) is 5.69 Å². The first-order valence-corrected chi connectivity index (χ1v) is 8.73. The molecule has 0 saturated carbocycles. The minimum Gasteiger partial charge on any atom is -0.507 e. The summed E-state index contributed by atoms with van der Waals surface area (Å²) in [6.07, 6.45) is 1.38. The fourth-order valence-corrected chi connectivity index (χ4v) is 3.12. The van der Waals surface area contributed by atoms with Gasteiger partial charge in [0.2, 0.25) is 5.91 Å². The van der Waals surface area contributed by atoms with Gasteiger partial charge in [0.05, 0.1) is 22.9 Å². The molecule has 2 amide bonds. The van der Waals surface area contributed by atoms with Crippen molar-refractivity contribution in [2.75, 3.05) is 24.5 Å². The maximum Gasteiger partial charge on any atom is 0.258 e. The van der Waals surface area contributed by atoms with Crippen molar-refractivity contribution in [1.29, 1.82) is 5.26 Å². The van der Waals surface area contributed by atoms with Gasteiger partial charge in [-0.05, 0) is 52.9 Å². The minimum absolute atomic E-state index is 0.0672. The first-order chi connectivity index (χ1) is 14.1. The lowest BCUT2D eigenvalue weighted by atomic mass is 10.1. The van der Waals surface area contributed by atoms with Crippen LogP contribution in [0.15, 0.2) is 48.8 Å². The van der Waals surface area contributed by atoms with Crippen molar-refractivity contribution in [1.82, 2.24) is 25.1 Å². The summed E-state index contributed by atoms with van der Waals surface area (Å²) in [6.45, 7) is 0.496. The normalized spacial score (nSPS) is 14.0. The van der Waals surface area contributed by atoms with E-state index in [0.29, 0.717) is 30.0 Å². The highest BCUT2D eigenvalue weighted by atomic mass is 16.3. The van der Waals surface area contributed by atoms with Crippen LogP contribution in [0.2, 0.25) is 0 Å². The second kappa shape index (κ2) is 7.40. The van der Waals surface area contributed by atoms with Gasteiger partial charge in [0.15, 0.2) is 0 Å². The monoisotopic (exact) mass is 389 g/mol. The van der Waals surface area contributed by atoms with Gasteiger partial charge in [0.1, 0.15) is 18.6 Å². The van der Waals surface area contributed by atoms with Gasteiger partial charge in [-0.2, -0.15) is 5.26 Å². The SMILES string of the molecule is N#Cc1ccc(N2CCN(C(=O)c3cc(-n4cnnn4)ccc3O)CC2=O)cc1. The molecule has 1 aromatic heterocycles. The number of aromatic hydroxyl groups is 1. The van der Waals surface area contributed by atoms with Crippen LogP contribution in [0.3, 0.4) is 0 Å². The molecule has 0 unspecified atom stereocenters. The third-order valence-electron chi connectivity index (χ3n) is 4.64. The van der Waals surface area contributed by atoms with E-state index in [9.17, 15) is 14.7 Å². The van der Waals surface area contributed by atoms with Crippen molar-refractivity contribution in [2.24, 2.45) is 0 Å². The Morgan fingerprint density at radius 2 is 1.86 bits per heavy atom. The summed E-state index contributed by atoms with van der Waals surface area (Å²) in [6, 6.07) is 13.2. The number of carbonyl (C=O) groups is 2. The summed E-state index contributed by atoms with van der Waals surface area (Å²) in [4.78, 5) is 28.5. The molecule has 0 bridgehead atoms. The minimum atomic E-state index is -0.453. The number of amides is 2. The van der Waals surface area contributed by atoms with Crippen molar-refractivity contribution in [3.05, 3.63) is 59.9 Å². The molecule has 0 aliphatic carbocycles. The fourth-order valence-electron chi connectivity index (χ4n) is 3.12. The highest BCUT2D eigenvalue weighted by molar-refractivity contribution is 6.03. The summed E-state index contributed by atoms with van der Waals surface area (Å²) in [5.74, 6) is -0.885. The van der Waals surface area contributed by atoms with E-state index in [1.54, 1.807) is 35.2 Å². The number of nitriles is 1. The number of hydrogen-bond donors (Lipinski definition) is 1. The van der Waals surface area contributed by atoms with E-state index in [0.717, 1.165) is 0 Å². The number of rotatable bonds is 3. The molecule has 2 aromatic carbocycles. The molecule has 144 valence electrons. The van der Waals surface area contributed by atoms with Gasteiger partial charge in [-0.1, -0.05) is 0 Å². The van der Waals surface area contributed by atoms with E-state index < -0.39 is 5.91 Å². The van der Waals surface area contributed by atoms with Gasteiger partial charge < -0.3 is 14.9 Å². The zero-order valence-corrected chi connectivity index (χ0v) is 15.1. The molecule has 2 heterocycles. The first-order valence-electron chi connectivity index (χ1n) is 8.73. The van der Waals surface area contributed by atoms with Crippen LogP contribution < -0.4 is 4.90 Å². The average Bonchev–Trinajstić information content (AvgIpc) is 3.28. The number of phenols is 1. The highest BCUT2D eigenvalue weighted by Crippen LogP contribution is 2.24. The van der Waals surface area contributed by atoms with Crippen molar-refractivity contribution in [3.63, 3.8) is 0 Å². The van der Waals surface area contributed by atoms with Gasteiger partial charge >= 0.3 is 0 Å². The predicted molar refractivity (Wildman–Crippen MR) is 100 cm³/mol. The number of nitrogens with zero attached hydrogens (tertiary/aromatic N) is 7. The van der Waals surface area contributed by atoms with E-state index in [-0.39, 0.29) is 23.8 Å². The molecule has 1 aliphatic rings. The summed E-state index contributed by atoms with van der Waals surface area (Å²) >= 11 is 0. The summed E-state index contributed by atoms with van der Waals surface area (Å²) in [5.41, 5.74) is 1.76. The Labute approximate surface area is 165 Å². The molecule has 0 atom stereocenters. The maximum absolute atomic E-state index is 12.9. The molecule has 0 radical (unpaired) electrons. The maximum atomic E-state index is 12.9. The molecular weight excluding hydrogens is 374 g/mol. The highest BCUT2D eigenvalue weighted by Gasteiger charge is 2.30. The molecule has 1 saturated heterocycles. The molecule has 1 aliphatic heterocycles. The molecule has 1 fully saturated rings. The smallest absolute Gasteiger partial charge is 0.258 e. The van der Waals surface area contributed by atoms with Crippen LogP contribution in [-0.2, 0) is 4.79 Å². The van der Waals surface area contributed by atoms with E-state index in [1.165, 1.54) is 28.0 Å². The Morgan fingerprint density at radius 3 is 2.52 bits per heavy atom. The Kier molecular flexibility index (Phi) is 4.62. The lowest BCUT2D eigenvalue weighted by molar-refractivity contribution is -0.120. The summed E-state index contributed by atoms with van der Waals surface area (Å²) in [5, 5.41) is 29.9. The molecule has 29 heavy (non-hydrogen) atoms. The van der Waals surface area contributed by atoms with Gasteiger partial charge in [0, 0.05) is 18.8 Å². The molecule has 10 nitrogen and oxygen atoms in total. The van der Waals surface area contributed by atoms with E-state index in [1.807, 2.05) is 6.07 Å². The number of phenolic OH excluding ortho intramolecular Hbond substituents is 1. The van der Waals surface area contributed by atoms with Crippen LogP contribution in [0.5, 0.6) is 5.75 Å². The van der Waals surface area contributed by atoms with Gasteiger partial charge in [-0.25, -0.2) is 4.68 Å². The molecule has 4 rings (SSSR count). The topological polar surface area (TPSA) is 128 Å².